The molecular weight excluding hydrogens is 528 g/mol. The Hall–Kier alpha value is -4.74. The highest BCUT2D eigenvalue weighted by atomic mass is 16.6. The second-order valence-electron chi connectivity index (χ2n) is 11.3. The summed E-state index contributed by atoms with van der Waals surface area (Å²) in [6.45, 7) is 10.7. The van der Waals surface area contributed by atoms with Gasteiger partial charge in [0.15, 0.2) is 0 Å². The topological polar surface area (TPSA) is 143 Å². The number of esters is 1. The second-order valence-corrected chi connectivity index (χ2v) is 11.3. The fourth-order valence-electron chi connectivity index (χ4n) is 3.69. The number of aromatic nitrogens is 5. The number of hydrogen-bond donors (Lipinski definition) is 1. The maximum Gasteiger partial charge on any atom is 0.407 e. The normalized spacial score (nSPS) is 12.4. The number of oxazole rings is 1. The zero-order chi connectivity index (χ0) is 29.6. The number of carbonyl (C=O) groups is 2. The largest absolute Gasteiger partial charge is 0.460 e. The molecule has 0 unspecified atom stereocenters. The monoisotopic (exact) mass is 562 g/mol. The van der Waals surface area contributed by atoms with Crippen LogP contribution < -0.4 is 10.1 Å². The van der Waals surface area contributed by atoms with Crippen LogP contribution in [0.1, 0.15) is 48.0 Å². The van der Waals surface area contributed by atoms with E-state index in [2.05, 4.69) is 25.7 Å². The summed E-state index contributed by atoms with van der Waals surface area (Å²) in [4.78, 5) is 30.4. The first-order valence-corrected chi connectivity index (χ1v) is 13.1. The molecule has 12 nitrogen and oxygen atoms in total. The minimum Gasteiger partial charge on any atom is -0.460 e. The van der Waals surface area contributed by atoms with Crippen LogP contribution in [-0.2, 0) is 20.8 Å². The van der Waals surface area contributed by atoms with E-state index < -0.39 is 29.3 Å². The average Bonchev–Trinajstić information content (AvgIpc) is 3.55. The van der Waals surface area contributed by atoms with Gasteiger partial charge in [-0.3, -0.25) is 4.79 Å². The first-order chi connectivity index (χ1) is 19.3. The number of benzene rings is 2. The van der Waals surface area contributed by atoms with Gasteiger partial charge in [0.2, 0.25) is 11.7 Å². The van der Waals surface area contributed by atoms with E-state index in [1.165, 1.54) is 11.1 Å². The third-order valence-electron chi connectivity index (χ3n) is 5.27. The van der Waals surface area contributed by atoms with Crippen molar-refractivity contribution in [3.8, 4) is 34.3 Å². The maximum absolute atomic E-state index is 12.5. The van der Waals surface area contributed by atoms with Gasteiger partial charge in [-0.1, -0.05) is 0 Å². The van der Waals surface area contributed by atoms with Gasteiger partial charge in [0.25, 0.3) is 0 Å². The third-order valence-corrected chi connectivity index (χ3v) is 5.27. The van der Waals surface area contributed by atoms with Crippen molar-refractivity contribution in [2.45, 2.75) is 71.8 Å². The molecule has 0 radical (unpaired) electrons. The van der Waals surface area contributed by atoms with Crippen molar-refractivity contribution < 1.29 is 28.2 Å². The zero-order valence-corrected chi connectivity index (χ0v) is 24.0. The van der Waals surface area contributed by atoms with Gasteiger partial charge >= 0.3 is 12.1 Å². The molecule has 0 saturated carbocycles. The Morgan fingerprint density at radius 3 is 2.07 bits per heavy atom. The Morgan fingerprint density at radius 2 is 1.51 bits per heavy atom. The van der Waals surface area contributed by atoms with E-state index in [1.54, 1.807) is 59.9 Å². The molecule has 2 heterocycles. The molecule has 2 aromatic heterocycles. The number of tetrazole rings is 1. The molecule has 1 amide bonds. The summed E-state index contributed by atoms with van der Waals surface area (Å²) < 4.78 is 22.0. The molecule has 4 aromatic rings. The van der Waals surface area contributed by atoms with Crippen LogP contribution in [0, 0.1) is 0 Å². The van der Waals surface area contributed by atoms with Gasteiger partial charge in [0.1, 0.15) is 29.0 Å². The average molecular weight is 563 g/mol. The van der Waals surface area contributed by atoms with Gasteiger partial charge in [-0.05, 0) is 95.3 Å². The van der Waals surface area contributed by atoms with Crippen molar-refractivity contribution in [2.75, 3.05) is 0 Å². The summed E-state index contributed by atoms with van der Waals surface area (Å²) >= 11 is 0. The number of carbonyl (C=O) groups excluding carboxylic acids is 2. The molecule has 12 heteroatoms. The van der Waals surface area contributed by atoms with Crippen LogP contribution in [0.5, 0.6) is 11.5 Å². The number of ether oxygens (including phenoxy) is 3. The summed E-state index contributed by atoms with van der Waals surface area (Å²) in [5.74, 6) is 1.73. The quantitative estimate of drug-likeness (QED) is 0.263. The number of hydrogen-bond acceptors (Lipinski definition) is 10. The Labute approximate surface area is 238 Å². The van der Waals surface area contributed by atoms with Crippen molar-refractivity contribution in [3.63, 3.8) is 0 Å². The minimum atomic E-state index is -0.698. The summed E-state index contributed by atoms with van der Waals surface area (Å²) in [6, 6.07) is 13.9. The van der Waals surface area contributed by atoms with Crippen LogP contribution in [0.25, 0.3) is 22.8 Å². The summed E-state index contributed by atoms with van der Waals surface area (Å²) in [6.07, 6.45) is 2.36. The molecule has 0 spiro atoms. The number of nitrogens with zero attached hydrogens (tertiary/aromatic N) is 5. The van der Waals surface area contributed by atoms with Gasteiger partial charge in [0, 0.05) is 11.1 Å². The van der Waals surface area contributed by atoms with E-state index >= 15 is 0 Å². The van der Waals surface area contributed by atoms with E-state index in [-0.39, 0.29) is 13.0 Å². The Balaban J connectivity index is 1.40. The van der Waals surface area contributed by atoms with E-state index in [0.29, 0.717) is 28.8 Å². The standard InChI is InChI=1S/C29H34N6O6/c1-28(2,3)40-24(36)17-21(31-27(37)41-29(4,5)6)18-35-33-25(32-34-35)19-7-11-22(12-8-19)39-23-13-9-20(10-14-23)26-30-15-16-38-26/h7-16,21H,17-18H2,1-6H3,(H,31,37)/t21-/m1/s1. The molecule has 216 valence electrons. The van der Waals surface area contributed by atoms with Crippen LogP contribution >= 0.6 is 0 Å². The lowest BCUT2D eigenvalue weighted by Crippen LogP contribution is -2.43. The molecule has 0 aliphatic carbocycles. The highest BCUT2D eigenvalue weighted by molar-refractivity contribution is 5.73. The van der Waals surface area contributed by atoms with Crippen LogP contribution in [0.3, 0.4) is 0 Å². The van der Waals surface area contributed by atoms with Crippen molar-refractivity contribution in [1.29, 1.82) is 0 Å². The van der Waals surface area contributed by atoms with Gasteiger partial charge < -0.3 is 23.9 Å². The number of alkyl carbamates (subject to hydrolysis) is 1. The molecule has 2 aromatic carbocycles. The predicted octanol–water partition coefficient (Wildman–Crippen LogP) is 5.41. The van der Waals surface area contributed by atoms with Crippen LogP contribution in [0.2, 0.25) is 0 Å². The maximum atomic E-state index is 12.5. The molecule has 1 atom stereocenters. The molecule has 0 fully saturated rings. The molecule has 0 saturated heterocycles. The lowest BCUT2D eigenvalue weighted by atomic mass is 10.1. The first kappa shape index (κ1) is 29.2. The summed E-state index contributed by atoms with van der Waals surface area (Å²) in [7, 11) is 0. The van der Waals surface area contributed by atoms with E-state index in [4.69, 9.17) is 18.6 Å². The molecule has 4 rings (SSSR count). The van der Waals surface area contributed by atoms with E-state index in [1.807, 2.05) is 36.4 Å². The van der Waals surface area contributed by atoms with Crippen LogP contribution in [0.15, 0.2) is 65.4 Å². The molecule has 0 aliphatic rings. The van der Waals surface area contributed by atoms with Crippen molar-refractivity contribution >= 4 is 12.1 Å². The van der Waals surface area contributed by atoms with Crippen molar-refractivity contribution in [1.82, 2.24) is 30.5 Å². The van der Waals surface area contributed by atoms with Crippen LogP contribution in [0.4, 0.5) is 4.79 Å². The first-order valence-electron chi connectivity index (χ1n) is 13.1. The Kier molecular flexibility index (Phi) is 8.70. The highest BCUT2D eigenvalue weighted by Gasteiger charge is 2.25. The zero-order valence-electron chi connectivity index (χ0n) is 24.0. The SMILES string of the molecule is CC(C)(C)OC(=O)C[C@H](Cn1nnc(-c2ccc(Oc3ccc(-c4ncco4)cc3)cc2)n1)NC(=O)OC(C)(C)C. The van der Waals surface area contributed by atoms with Gasteiger partial charge in [-0.25, -0.2) is 9.78 Å². The van der Waals surface area contributed by atoms with E-state index in [0.717, 1.165) is 5.56 Å². The summed E-state index contributed by atoms with van der Waals surface area (Å²) in [5.41, 5.74) is 0.201. The Morgan fingerprint density at radius 1 is 0.902 bits per heavy atom. The van der Waals surface area contributed by atoms with Gasteiger partial charge in [-0.2, -0.15) is 4.80 Å². The van der Waals surface area contributed by atoms with Crippen molar-refractivity contribution in [2.24, 2.45) is 0 Å². The number of rotatable bonds is 9. The molecule has 41 heavy (non-hydrogen) atoms. The van der Waals surface area contributed by atoms with Gasteiger partial charge in [0.05, 0.1) is 25.2 Å². The van der Waals surface area contributed by atoms with Crippen molar-refractivity contribution in [3.05, 3.63) is 61.0 Å². The molecular formula is C29H34N6O6. The minimum absolute atomic E-state index is 0.0796. The highest BCUT2D eigenvalue weighted by Crippen LogP contribution is 2.26. The summed E-state index contributed by atoms with van der Waals surface area (Å²) in [5, 5.41) is 15.4. The molecule has 0 aliphatic heterocycles. The predicted molar refractivity (Wildman–Crippen MR) is 149 cm³/mol. The molecule has 1 N–H and O–H groups in total. The van der Waals surface area contributed by atoms with E-state index in [9.17, 15) is 9.59 Å². The van der Waals surface area contributed by atoms with Crippen LogP contribution in [-0.4, -0.2) is 54.5 Å². The number of amides is 1. The fourth-order valence-corrected chi connectivity index (χ4v) is 3.69. The second kappa shape index (κ2) is 12.2. The number of nitrogens with one attached hydrogen (secondary N) is 1. The molecule has 0 bridgehead atoms. The smallest absolute Gasteiger partial charge is 0.407 e. The lowest BCUT2D eigenvalue weighted by molar-refractivity contribution is -0.155. The lowest BCUT2D eigenvalue weighted by Gasteiger charge is -2.24. The third kappa shape index (κ3) is 9.16. The Bertz CT molecular complexity index is 1400. The fraction of sp³-hybridized carbons (Fsp3) is 0.379. The van der Waals surface area contributed by atoms with Gasteiger partial charge in [-0.15, -0.1) is 10.2 Å².